The summed E-state index contributed by atoms with van der Waals surface area (Å²) in [7, 11) is 1.58. The number of halogens is 2. The highest BCUT2D eigenvalue weighted by atomic mass is 79.9. The maximum absolute atomic E-state index is 8.85. The van der Waals surface area contributed by atoms with Crippen LogP contribution in [0.15, 0.2) is 28.7 Å². The first-order valence-electron chi connectivity index (χ1n) is 5.39. The summed E-state index contributed by atoms with van der Waals surface area (Å²) in [5.74, 6) is 0.653. The van der Waals surface area contributed by atoms with E-state index in [2.05, 4.69) is 27.3 Å². The van der Waals surface area contributed by atoms with Crippen LogP contribution in [-0.2, 0) is 6.54 Å². The first-order chi connectivity index (χ1) is 9.13. The number of ether oxygens (including phenoxy) is 1. The van der Waals surface area contributed by atoms with E-state index in [0.29, 0.717) is 17.9 Å². The fourth-order valence-electron chi connectivity index (χ4n) is 1.57. The zero-order valence-electron chi connectivity index (χ0n) is 10.0. The summed E-state index contributed by atoms with van der Waals surface area (Å²) >= 11 is 10.9. The minimum Gasteiger partial charge on any atom is -0.495 e. The predicted octanol–water partition coefficient (Wildman–Crippen LogP) is 4.66. The largest absolute Gasteiger partial charge is 0.495 e. The minimum atomic E-state index is 0.573. The van der Waals surface area contributed by atoms with Crippen LogP contribution in [-0.4, -0.2) is 7.11 Å². The number of anilines is 1. The average Bonchev–Trinajstić information content (AvgIpc) is 2.75. The van der Waals surface area contributed by atoms with Crippen molar-refractivity contribution < 1.29 is 4.74 Å². The number of rotatable bonds is 4. The van der Waals surface area contributed by atoms with Gasteiger partial charge in [-0.25, -0.2) is 0 Å². The molecule has 1 aromatic heterocycles. The molecule has 0 aliphatic heterocycles. The van der Waals surface area contributed by atoms with E-state index in [-0.39, 0.29) is 0 Å². The Morgan fingerprint density at radius 2 is 2.26 bits per heavy atom. The Balaban J connectivity index is 2.13. The van der Waals surface area contributed by atoms with E-state index in [1.807, 2.05) is 12.1 Å². The molecule has 0 radical (unpaired) electrons. The van der Waals surface area contributed by atoms with Gasteiger partial charge in [0.15, 0.2) is 0 Å². The molecule has 0 atom stereocenters. The van der Waals surface area contributed by atoms with E-state index in [4.69, 9.17) is 21.6 Å². The van der Waals surface area contributed by atoms with Gasteiger partial charge in [0, 0.05) is 22.0 Å². The molecule has 0 aliphatic carbocycles. The molecule has 6 heteroatoms. The van der Waals surface area contributed by atoms with Gasteiger partial charge in [0.2, 0.25) is 0 Å². The Hall–Kier alpha value is -1.22. The summed E-state index contributed by atoms with van der Waals surface area (Å²) < 4.78 is 6.90. The third-order valence-electron chi connectivity index (χ3n) is 2.48. The van der Waals surface area contributed by atoms with Gasteiger partial charge in [-0.1, -0.05) is 11.6 Å². The van der Waals surface area contributed by atoms with E-state index < -0.39 is 0 Å². The van der Waals surface area contributed by atoms with Crippen LogP contribution in [0.2, 0.25) is 4.34 Å². The number of hydrogen-bond donors (Lipinski definition) is 1. The second kappa shape index (κ2) is 6.29. The molecule has 2 aromatic rings. The molecule has 0 bridgehead atoms. The Labute approximate surface area is 128 Å². The Bertz CT molecular complexity index is 617. The molecule has 0 saturated carbocycles. The zero-order chi connectivity index (χ0) is 13.8. The van der Waals surface area contributed by atoms with Crippen molar-refractivity contribution in [1.82, 2.24) is 0 Å². The normalized spacial score (nSPS) is 10.0. The van der Waals surface area contributed by atoms with E-state index in [1.54, 1.807) is 19.2 Å². The summed E-state index contributed by atoms with van der Waals surface area (Å²) in [5, 5.41) is 12.1. The molecule has 0 aliphatic rings. The summed E-state index contributed by atoms with van der Waals surface area (Å²) in [4.78, 5) is 1.11. The first kappa shape index (κ1) is 14.2. The van der Waals surface area contributed by atoms with Gasteiger partial charge in [0.1, 0.15) is 10.1 Å². The third-order valence-corrected chi connectivity index (χ3v) is 4.95. The Kier molecular flexibility index (Phi) is 4.70. The van der Waals surface area contributed by atoms with Gasteiger partial charge in [-0.05, 0) is 34.1 Å². The van der Waals surface area contributed by atoms with Crippen molar-refractivity contribution in [2.24, 2.45) is 0 Å². The number of nitriles is 1. The predicted molar refractivity (Wildman–Crippen MR) is 82.1 cm³/mol. The lowest BCUT2D eigenvalue weighted by molar-refractivity contribution is 0.416. The molecule has 1 aromatic carbocycles. The van der Waals surface area contributed by atoms with Crippen LogP contribution in [0.4, 0.5) is 5.69 Å². The van der Waals surface area contributed by atoms with Crippen LogP contribution in [0.1, 0.15) is 10.4 Å². The molecule has 0 amide bonds. The lowest BCUT2D eigenvalue weighted by Crippen LogP contribution is -2.00. The third kappa shape index (κ3) is 3.41. The van der Waals surface area contributed by atoms with Gasteiger partial charge in [-0.15, -0.1) is 11.3 Å². The summed E-state index contributed by atoms with van der Waals surface area (Å²) in [6, 6.07) is 9.36. The maximum atomic E-state index is 8.85. The van der Waals surface area contributed by atoms with Gasteiger partial charge < -0.3 is 10.1 Å². The van der Waals surface area contributed by atoms with Crippen LogP contribution in [0.3, 0.4) is 0 Å². The molecule has 3 nitrogen and oxygen atoms in total. The lowest BCUT2D eigenvalue weighted by Gasteiger charge is -2.10. The number of hydrogen-bond acceptors (Lipinski definition) is 4. The monoisotopic (exact) mass is 356 g/mol. The van der Waals surface area contributed by atoms with Gasteiger partial charge >= 0.3 is 0 Å². The van der Waals surface area contributed by atoms with Crippen molar-refractivity contribution in [2.75, 3.05) is 12.4 Å². The van der Waals surface area contributed by atoms with Crippen LogP contribution in [0.25, 0.3) is 0 Å². The smallest absolute Gasteiger partial charge is 0.143 e. The second-order valence-corrected chi connectivity index (χ2v) is 6.31. The van der Waals surface area contributed by atoms with Gasteiger partial charge in [-0.3, -0.25) is 0 Å². The minimum absolute atomic E-state index is 0.573. The van der Waals surface area contributed by atoms with Gasteiger partial charge in [0.05, 0.1) is 24.4 Å². The number of benzene rings is 1. The highest BCUT2D eigenvalue weighted by Gasteiger charge is 2.07. The van der Waals surface area contributed by atoms with Crippen LogP contribution in [0.5, 0.6) is 5.75 Å². The standard InChI is InChI=1S/C13H10BrClN2OS/c1-18-12-4-8(6-16)2-3-11(12)17-7-9-5-10(14)13(15)19-9/h2-5,17H,7H2,1H3. The van der Waals surface area contributed by atoms with Gasteiger partial charge in [0.25, 0.3) is 0 Å². The highest BCUT2D eigenvalue weighted by molar-refractivity contribution is 9.10. The van der Waals surface area contributed by atoms with Crippen LogP contribution < -0.4 is 10.1 Å². The summed E-state index contributed by atoms with van der Waals surface area (Å²) in [5.41, 5.74) is 1.42. The zero-order valence-corrected chi connectivity index (χ0v) is 13.2. The number of thiophene rings is 1. The fraction of sp³-hybridized carbons (Fsp3) is 0.154. The van der Waals surface area contributed by atoms with Crippen molar-refractivity contribution in [3.8, 4) is 11.8 Å². The molecule has 19 heavy (non-hydrogen) atoms. The Morgan fingerprint density at radius 3 is 2.84 bits per heavy atom. The molecular weight excluding hydrogens is 348 g/mol. The van der Waals surface area contributed by atoms with Crippen molar-refractivity contribution in [2.45, 2.75) is 6.54 Å². The fourth-order valence-corrected chi connectivity index (χ4v) is 3.30. The number of methoxy groups -OCH3 is 1. The summed E-state index contributed by atoms with van der Waals surface area (Å²) in [6.07, 6.45) is 0. The maximum Gasteiger partial charge on any atom is 0.143 e. The van der Waals surface area contributed by atoms with E-state index in [1.165, 1.54) is 11.3 Å². The van der Waals surface area contributed by atoms with E-state index >= 15 is 0 Å². The quantitative estimate of drug-likeness (QED) is 0.866. The molecule has 98 valence electrons. The van der Waals surface area contributed by atoms with Crippen molar-refractivity contribution >= 4 is 44.6 Å². The molecule has 0 fully saturated rings. The topological polar surface area (TPSA) is 45.0 Å². The van der Waals surface area contributed by atoms with Crippen molar-refractivity contribution in [3.63, 3.8) is 0 Å². The molecule has 0 spiro atoms. The molecule has 0 unspecified atom stereocenters. The molecule has 2 rings (SSSR count). The van der Waals surface area contributed by atoms with Crippen molar-refractivity contribution in [3.05, 3.63) is 43.5 Å². The number of nitrogens with zero attached hydrogens (tertiary/aromatic N) is 1. The summed E-state index contributed by atoms with van der Waals surface area (Å²) in [6.45, 7) is 0.651. The van der Waals surface area contributed by atoms with E-state index in [9.17, 15) is 0 Å². The second-order valence-electron chi connectivity index (χ2n) is 3.71. The lowest BCUT2D eigenvalue weighted by atomic mass is 10.2. The molecule has 1 N–H and O–H groups in total. The SMILES string of the molecule is COc1cc(C#N)ccc1NCc1cc(Br)c(Cl)s1. The first-order valence-corrected chi connectivity index (χ1v) is 7.38. The van der Waals surface area contributed by atoms with Gasteiger partial charge in [-0.2, -0.15) is 5.26 Å². The van der Waals surface area contributed by atoms with E-state index in [0.717, 1.165) is 19.4 Å². The van der Waals surface area contributed by atoms with Crippen LogP contribution in [0, 0.1) is 11.3 Å². The Morgan fingerprint density at radius 1 is 1.47 bits per heavy atom. The average molecular weight is 358 g/mol. The molecule has 0 saturated heterocycles. The molecule has 1 heterocycles. The van der Waals surface area contributed by atoms with Crippen molar-refractivity contribution in [1.29, 1.82) is 5.26 Å². The molecular formula is C13H10BrClN2OS. The highest BCUT2D eigenvalue weighted by Crippen LogP contribution is 2.33. The van der Waals surface area contributed by atoms with Crippen LogP contribution >= 0.6 is 38.9 Å². The number of nitrogens with one attached hydrogen (secondary N) is 1.